The van der Waals surface area contributed by atoms with Crippen LogP contribution in [0.2, 0.25) is 18.1 Å². The van der Waals surface area contributed by atoms with Crippen LogP contribution in [0.3, 0.4) is 0 Å². The molecule has 2 rings (SSSR count). The quantitative estimate of drug-likeness (QED) is 0.589. The molecular weight excluding hydrogens is 264 g/mol. The van der Waals surface area contributed by atoms with Gasteiger partial charge in [0.05, 0.1) is 6.10 Å². The van der Waals surface area contributed by atoms with E-state index in [4.69, 9.17) is 9.16 Å². The average molecular weight is 288 g/mol. The number of rotatable bonds is 2. The van der Waals surface area contributed by atoms with E-state index in [0.717, 1.165) is 0 Å². The summed E-state index contributed by atoms with van der Waals surface area (Å²) in [6, 6.07) is 0. The first-order chi connectivity index (χ1) is 8.46. The van der Waals surface area contributed by atoms with Crippen LogP contribution in [0, 0.1) is 0 Å². The summed E-state index contributed by atoms with van der Waals surface area (Å²) in [5.41, 5.74) is -1.48. The summed E-state index contributed by atoms with van der Waals surface area (Å²) in [5, 5.41) is 20.5. The molecule has 2 N–H and O–H groups in total. The second kappa shape index (κ2) is 4.28. The number of aliphatic hydroxyl groups is 2. The Labute approximate surface area is 115 Å². The van der Waals surface area contributed by atoms with E-state index in [2.05, 4.69) is 33.9 Å². The van der Waals surface area contributed by atoms with Gasteiger partial charge in [-0.15, -0.1) is 0 Å². The highest BCUT2D eigenvalue weighted by atomic mass is 28.4. The van der Waals surface area contributed by atoms with Crippen LogP contribution >= 0.6 is 0 Å². The van der Waals surface area contributed by atoms with Gasteiger partial charge in [0, 0.05) is 12.8 Å². The predicted octanol–water partition coefficient (Wildman–Crippen LogP) is 1.19. The van der Waals surface area contributed by atoms with Gasteiger partial charge in [-0.1, -0.05) is 20.8 Å². The Bertz CT molecular complexity index is 389. The fraction of sp³-hybridized carbons (Fsp3) is 0.923. The van der Waals surface area contributed by atoms with Gasteiger partial charge in [-0.3, -0.25) is 0 Å². The molecule has 0 aromatic rings. The fourth-order valence-electron chi connectivity index (χ4n) is 2.42. The van der Waals surface area contributed by atoms with Crippen molar-refractivity contribution in [1.82, 2.24) is 0 Å². The third-order valence-electron chi connectivity index (χ3n) is 4.73. The molecule has 19 heavy (non-hydrogen) atoms. The summed E-state index contributed by atoms with van der Waals surface area (Å²) in [6.07, 6.45) is -1.72. The van der Waals surface area contributed by atoms with Crippen molar-refractivity contribution in [2.45, 2.75) is 75.7 Å². The van der Waals surface area contributed by atoms with Crippen LogP contribution in [-0.2, 0) is 14.0 Å². The number of hydrogen-bond donors (Lipinski definition) is 2. The molecule has 0 radical (unpaired) electrons. The van der Waals surface area contributed by atoms with Gasteiger partial charge >= 0.3 is 5.97 Å². The second-order valence-electron chi connectivity index (χ2n) is 7.29. The minimum atomic E-state index is -2.06. The Morgan fingerprint density at radius 1 is 1.37 bits per heavy atom. The molecular formula is C13H24O5Si. The molecule has 4 atom stereocenters. The molecule has 2 bridgehead atoms. The number of fused-ring (bicyclic) bond motifs is 2. The lowest BCUT2D eigenvalue weighted by atomic mass is 9.82. The Kier molecular flexibility index (Phi) is 3.37. The minimum Gasteiger partial charge on any atom is -0.457 e. The number of hydrogen-bond acceptors (Lipinski definition) is 5. The van der Waals surface area contributed by atoms with Crippen LogP contribution in [0.15, 0.2) is 0 Å². The monoisotopic (exact) mass is 288 g/mol. The van der Waals surface area contributed by atoms with E-state index in [-0.39, 0.29) is 17.9 Å². The number of aliphatic hydroxyl groups excluding tert-OH is 1. The Morgan fingerprint density at radius 2 is 1.95 bits per heavy atom. The van der Waals surface area contributed by atoms with Gasteiger partial charge in [0.15, 0.2) is 13.9 Å². The van der Waals surface area contributed by atoms with Crippen LogP contribution in [-0.4, -0.2) is 48.4 Å². The first kappa shape index (κ1) is 15.0. The van der Waals surface area contributed by atoms with Crippen LogP contribution in [0.5, 0.6) is 0 Å². The van der Waals surface area contributed by atoms with Crippen LogP contribution in [0.25, 0.3) is 0 Å². The predicted molar refractivity (Wildman–Crippen MR) is 72.1 cm³/mol. The smallest absolute Gasteiger partial charge is 0.338 e. The molecule has 1 aliphatic carbocycles. The zero-order valence-corrected chi connectivity index (χ0v) is 13.3. The number of carbonyl (C=O) groups is 1. The van der Waals surface area contributed by atoms with E-state index in [1.54, 1.807) is 0 Å². The van der Waals surface area contributed by atoms with Crippen molar-refractivity contribution >= 4 is 14.3 Å². The van der Waals surface area contributed by atoms with E-state index in [9.17, 15) is 15.0 Å². The zero-order valence-electron chi connectivity index (χ0n) is 12.3. The van der Waals surface area contributed by atoms with Crippen molar-refractivity contribution in [2.24, 2.45) is 0 Å². The topological polar surface area (TPSA) is 76.0 Å². The lowest BCUT2D eigenvalue weighted by Gasteiger charge is -2.43. The van der Waals surface area contributed by atoms with Gasteiger partial charge in [0.25, 0.3) is 0 Å². The molecule has 0 spiro atoms. The first-order valence-corrected chi connectivity index (χ1v) is 9.66. The fourth-order valence-corrected chi connectivity index (χ4v) is 3.75. The van der Waals surface area contributed by atoms with Crippen molar-refractivity contribution in [2.75, 3.05) is 0 Å². The van der Waals surface area contributed by atoms with Gasteiger partial charge in [0.2, 0.25) is 0 Å². The number of carbonyl (C=O) groups excluding carboxylic acids is 1. The second-order valence-corrected chi connectivity index (χ2v) is 12.0. The van der Waals surface area contributed by atoms with Crippen LogP contribution in [0.1, 0.15) is 33.6 Å². The van der Waals surface area contributed by atoms with Gasteiger partial charge in [-0.05, 0) is 18.1 Å². The summed E-state index contributed by atoms with van der Waals surface area (Å²) >= 11 is 0. The lowest BCUT2D eigenvalue weighted by molar-refractivity contribution is -0.154. The molecule has 2 fully saturated rings. The summed E-state index contributed by atoms with van der Waals surface area (Å²) in [5.74, 6) is -0.627. The van der Waals surface area contributed by atoms with Crippen molar-refractivity contribution in [3.63, 3.8) is 0 Å². The molecule has 1 heterocycles. The maximum Gasteiger partial charge on any atom is 0.338 e. The Balaban J connectivity index is 2.16. The van der Waals surface area contributed by atoms with E-state index < -0.39 is 38.2 Å². The summed E-state index contributed by atoms with van der Waals surface area (Å²) in [7, 11) is -2.06. The normalized spacial score (nSPS) is 39.3. The van der Waals surface area contributed by atoms with E-state index in [0.29, 0.717) is 0 Å². The standard InChI is InChI=1S/C13H24O5Si/c1-12(2,3)19(4,5)18-9-7-13(16)6-8(10(9)14)17-11(13)15/h8-10,14,16H,6-7H2,1-5H3. The van der Waals surface area contributed by atoms with Crippen molar-refractivity contribution in [1.29, 1.82) is 0 Å². The molecule has 2 aliphatic rings. The van der Waals surface area contributed by atoms with Crippen LogP contribution in [0.4, 0.5) is 0 Å². The van der Waals surface area contributed by atoms with E-state index >= 15 is 0 Å². The van der Waals surface area contributed by atoms with Crippen molar-refractivity contribution < 1.29 is 24.2 Å². The third-order valence-corrected chi connectivity index (χ3v) is 9.23. The van der Waals surface area contributed by atoms with Gasteiger partial charge in [0.1, 0.15) is 12.2 Å². The Morgan fingerprint density at radius 3 is 2.47 bits per heavy atom. The molecule has 1 saturated heterocycles. The molecule has 110 valence electrons. The average Bonchev–Trinajstić information content (AvgIpc) is 2.46. The highest BCUT2D eigenvalue weighted by molar-refractivity contribution is 6.74. The largest absolute Gasteiger partial charge is 0.457 e. The molecule has 4 unspecified atom stereocenters. The maximum atomic E-state index is 11.6. The molecule has 0 amide bonds. The number of esters is 1. The molecule has 0 aromatic heterocycles. The number of ether oxygens (including phenoxy) is 1. The van der Waals surface area contributed by atoms with Crippen molar-refractivity contribution in [3.05, 3.63) is 0 Å². The maximum absolute atomic E-state index is 11.6. The zero-order chi connectivity index (χ0) is 14.6. The molecule has 5 nitrogen and oxygen atoms in total. The van der Waals surface area contributed by atoms with Gasteiger partial charge < -0.3 is 19.4 Å². The SMILES string of the molecule is CC(C)(C)[Si](C)(C)OC1CC2(O)CC(OC2=O)C1O. The molecule has 0 aromatic carbocycles. The van der Waals surface area contributed by atoms with E-state index in [1.165, 1.54) is 0 Å². The summed E-state index contributed by atoms with van der Waals surface area (Å²) in [4.78, 5) is 11.6. The van der Waals surface area contributed by atoms with Crippen molar-refractivity contribution in [3.8, 4) is 0 Å². The Hall–Kier alpha value is -0.433. The van der Waals surface area contributed by atoms with E-state index in [1.807, 2.05) is 0 Å². The third kappa shape index (κ3) is 2.46. The highest BCUT2D eigenvalue weighted by Gasteiger charge is 2.58. The minimum absolute atomic E-state index is 0.0106. The summed E-state index contributed by atoms with van der Waals surface area (Å²) < 4.78 is 11.2. The highest BCUT2D eigenvalue weighted by Crippen LogP contribution is 2.43. The molecule has 6 heteroatoms. The van der Waals surface area contributed by atoms with Gasteiger partial charge in [-0.2, -0.15) is 0 Å². The van der Waals surface area contributed by atoms with Gasteiger partial charge in [-0.25, -0.2) is 4.79 Å². The van der Waals surface area contributed by atoms with Crippen LogP contribution < -0.4 is 0 Å². The summed E-state index contributed by atoms with van der Waals surface area (Å²) in [6.45, 7) is 10.5. The molecule has 1 saturated carbocycles. The molecule has 1 aliphatic heterocycles. The first-order valence-electron chi connectivity index (χ1n) is 6.76. The lowest BCUT2D eigenvalue weighted by Crippen LogP contribution is -2.55.